The Balaban J connectivity index is 1.45. The first kappa shape index (κ1) is 19.2. The van der Waals surface area contributed by atoms with Crippen molar-refractivity contribution in [3.63, 3.8) is 0 Å². The first-order valence-electron chi connectivity index (χ1n) is 10.0. The fourth-order valence-corrected chi connectivity index (χ4v) is 5.37. The lowest BCUT2D eigenvalue weighted by Crippen LogP contribution is -2.53. The molecule has 9 nitrogen and oxygen atoms in total. The minimum atomic E-state index is -0.813. The standard InChI is InChI=1S/C19H29NO8/c1-17(2)23-9-12(25-17)13-14-15(28-18(3,4)26-14)19(27-13)7-6-11-10(16(21)22-5)8-24-20(11)19/h10-15H,6-9H2,1-5H3/t10?,11-,12+,13+,14-,15-,19-/m0/s1. The van der Waals surface area contributed by atoms with Crippen molar-refractivity contribution in [3.8, 4) is 0 Å². The number of hydroxylamine groups is 2. The fourth-order valence-electron chi connectivity index (χ4n) is 5.37. The summed E-state index contributed by atoms with van der Waals surface area (Å²) in [5.41, 5.74) is -0.813. The van der Waals surface area contributed by atoms with Gasteiger partial charge in [-0.3, -0.25) is 9.63 Å². The van der Waals surface area contributed by atoms with Crippen LogP contribution < -0.4 is 0 Å². The van der Waals surface area contributed by atoms with Crippen LogP contribution in [0.15, 0.2) is 0 Å². The maximum atomic E-state index is 12.2. The Morgan fingerprint density at radius 1 is 1.00 bits per heavy atom. The summed E-state index contributed by atoms with van der Waals surface area (Å²) >= 11 is 0. The van der Waals surface area contributed by atoms with Crippen molar-refractivity contribution in [2.45, 2.75) is 88.3 Å². The van der Waals surface area contributed by atoms with E-state index < -0.39 is 17.3 Å². The molecule has 5 aliphatic heterocycles. The molecule has 0 aromatic carbocycles. The van der Waals surface area contributed by atoms with Crippen LogP contribution in [0.1, 0.15) is 40.5 Å². The van der Waals surface area contributed by atoms with E-state index >= 15 is 0 Å². The molecule has 0 aromatic heterocycles. The number of fused-ring (bicyclic) bond motifs is 4. The van der Waals surface area contributed by atoms with Crippen LogP contribution in [-0.4, -0.2) is 79.1 Å². The molecule has 0 radical (unpaired) electrons. The number of methoxy groups -OCH3 is 1. The van der Waals surface area contributed by atoms with Crippen LogP contribution in [0, 0.1) is 5.92 Å². The molecule has 7 atom stereocenters. The number of carbonyl (C=O) groups is 1. The predicted octanol–water partition coefficient (Wildman–Crippen LogP) is 0.952. The molecular weight excluding hydrogens is 370 g/mol. The van der Waals surface area contributed by atoms with Crippen molar-refractivity contribution in [1.82, 2.24) is 5.06 Å². The van der Waals surface area contributed by atoms with Gasteiger partial charge in [-0.05, 0) is 40.5 Å². The molecule has 0 N–H and O–H groups in total. The maximum Gasteiger partial charge on any atom is 0.312 e. The van der Waals surface area contributed by atoms with E-state index in [4.69, 9.17) is 33.3 Å². The zero-order valence-electron chi connectivity index (χ0n) is 17.0. The molecule has 5 aliphatic rings. The van der Waals surface area contributed by atoms with Gasteiger partial charge in [0.1, 0.15) is 30.3 Å². The molecule has 0 amide bonds. The molecule has 5 saturated heterocycles. The van der Waals surface area contributed by atoms with Crippen LogP contribution in [0.25, 0.3) is 0 Å². The minimum absolute atomic E-state index is 0.101. The first-order valence-corrected chi connectivity index (χ1v) is 10.0. The summed E-state index contributed by atoms with van der Waals surface area (Å²) in [5, 5.41) is 1.83. The van der Waals surface area contributed by atoms with E-state index in [1.807, 2.05) is 32.8 Å². The molecular formula is C19H29NO8. The molecule has 0 saturated carbocycles. The number of ether oxygens (including phenoxy) is 6. The summed E-state index contributed by atoms with van der Waals surface area (Å²) in [6, 6.07) is -0.101. The molecule has 5 fully saturated rings. The van der Waals surface area contributed by atoms with Gasteiger partial charge < -0.3 is 28.4 Å². The van der Waals surface area contributed by atoms with Crippen LogP contribution >= 0.6 is 0 Å². The lowest BCUT2D eigenvalue weighted by molar-refractivity contribution is -0.318. The molecule has 0 aromatic rings. The number of hydrogen-bond acceptors (Lipinski definition) is 9. The average molecular weight is 399 g/mol. The Labute approximate surface area is 164 Å². The Bertz CT molecular complexity index is 668. The zero-order valence-corrected chi connectivity index (χ0v) is 17.0. The van der Waals surface area contributed by atoms with Gasteiger partial charge in [0, 0.05) is 0 Å². The van der Waals surface area contributed by atoms with Gasteiger partial charge in [0.15, 0.2) is 17.3 Å². The second-order valence-corrected chi connectivity index (χ2v) is 9.17. The summed E-state index contributed by atoms with van der Waals surface area (Å²) in [4.78, 5) is 18.2. The van der Waals surface area contributed by atoms with Gasteiger partial charge in [0.05, 0.1) is 26.4 Å². The molecule has 5 heterocycles. The highest BCUT2D eigenvalue weighted by Gasteiger charge is 2.72. The number of nitrogens with zero attached hydrogens (tertiary/aromatic N) is 1. The summed E-state index contributed by atoms with van der Waals surface area (Å²) in [6.07, 6.45) is 0.162. The van der Waals surface area contributed by atoms with E-state index in [0.29, 0.717) is 13.0 Å². The van der Waals surface area contributed by atoms with Crippen molar-refractivity contribution in [2.24, 2.45) is 5.92 Å². The number of hydrogen-bond donors (Lipinski definition) is 0. The smallest absolute Gasteiger partial charge is 0.312 e. The highest BCUT2D eigenvalue weighted by Crippen LogP contribution is 2.55. The number of esters is 1. The molecule has 1 spiro atoms. The highest BCUT2D eigenvalue weighted by molar-refractivity contribution is 5.73. The monoisotopic (exact) mass is 399 g/mol. The van der Waals surface area contributed by atoms with Crippen molar-refractivity contribution >= 4 is 5.97 Å². The van der Waals surface area contributed by atoms with Gasteiger partial charge in [-0.2, -0.15) is 5.06 Å². The molecule has 158 valence electrons. The summed E-state index contributed by atoms with van der Waals surface area (Å²) in [7, 11) is 1.41. The topological polar surface area (TPSA) is 84.9 Å². The van der Waals surface area contributed by atoms with Crippen LogP contribution in [0.4, 0.5) is 0 Å². The second kappa shape index (κ2) is 6.10. The fraction of sp³-hybridized carbons (Fsp3) is 0.947. The average Bonchev–Trinajstić information content (AvgIpc) is 3.37. The Kier molecular flexibility index (Phi) is 4.18. The van der Waals surface area contributed by atoms with Gasteiger partial charge in [0.25, 0.3) is 0 Å². The molecule has 5 rings (SSSR count). The third-order valence-corrected chi connectivity index (χ3v) is 6.47. The van der Waals surface area contributed by atoms with Gasteiger partial charge in [-0.25, -0.2) is 0 Å². The lowest BCUT2D eigenvalue weighted by Gasteiger charge is -2.37. The van der Waals surface area contributed by atoms with Gasteiger partial charge in [-0.1, -0.05) is 0 Å². The Hall–Kier alpha value is -0.810. The van der Waals surface area contributed by atoms with Crippen LogP contribution in [0.2, 0.25) is 0 Å². The zero-order chi connectivity index (χ0) is 19.9. The summed E-state index contributed by atoms with van der Waals surface area (Å²) < 4.78 is 36.0. The van der Waals surface area contributed by atoms with E-state index in [1.54, 1.807) is 0 Å². The van der Waals surface area contributed by atoms with Crippen molar-refractivity contribution in [2.75, 3.05) is 20.3 Å². The van der Waals surface area contributed by atoms with E-state index in [2.05, 4.69) is 0 Å². The van der Waals surface area contributed by atoms with E-state index in [9.17, 15) is 4.79 Å². The quantitative estimate of drug-likeness (QED) is 0.630. The maximum absolute atomic E-state index is 12.2. The van der Waals surface area contributed by atoms with E-state index in [1.165, 1.54) is 7.11 Å². The van der Waals surface area contributed by atoms with Crippen molar-refractivity contribution < 1.29 is 38.1 Å². The van der Waals surface area contributed by atoms with Crippen LogP contribution in [0.5, 0.6) is 0 Å². The molecule has 9 heteroatoms. The Morgan fingerprint density at radius 3 is 2.46 bits per heavy atom. The largest absolute Gasteiger partial charge is 0.469 e. The minimum Gasteiger partial charge on any atom is -0.469 e. The highest BCUT2D eigenvalue weighted by atomic mass is 16.8. The second-order valence-electron chi connectivity index (χ2n) is 9.17. The number of rotatable bonds is 2. The normalized spacial score (nSPS) is 48.9. The summed E-state index contributed by atoms with van der Waals surface area (Å²) in [5.74, 6) is -1.98. The van der Waals surface area contributed by atoms with E-state index in [-0.39, 0.29) is 49.0 Å². The Morgan fingerprint density at radius 2 is 1.79 bits per heavy atom. The van der Waals surface area contributed by atoms with Gasteiger partial charge in [-0.15, -0.1) is 0 Å². The van der Waals surface area contributed by atoms with Crippen molar-refractivity contribution in [3.05, 3.63) is 0 Å². The third kappa shape index (κ3) is 2.68. The van der Waals surface area contributed by atoms with Crippen LogP contribution in [-0.2, 0) is 38.1 Å². The third-order valence-electron chi connectivity index (χ3n) is 6.47. The van der Waals surface area contributed by atoms with Gasteiger partial charge >= 0.3 is 5.97 Å². The molecule has 0 aliphatic carbocycles. The molecule has 28 heavy (non-hydrogen) atoms. The number of carbonyl (C=O) groups excluding carboxylic acids is 1. The first-order chi connectivity index (χ1) is 13.2. The SMILES string of the molecule is COC(=O)C1CON2[C@H]1CC[C@@]21O[C@H]([C@H]2COC(C)(C)O2)[C@@H]2OC(C)(C)O[C@@H]21. The van der Waals surface area contributed by atoms with E-state index in [0.717, 1.165) is 6.42 Å². The summed E-state index contributed by atoms with van der Waals surface area (Å²) in [6.45, 7) is 8.30. The van der Waals surface area contributed by atoms with Crippen molar-refractivity contribution in [1.29, 1.82) is 0 Å². The van der Waals surface area contributed by atoms with Crippen LogP contribution in [0.3, 0.4) is 0 Å². The molecule has 0 bridgehead atoms. The lowest BCUT2D eigenvalue weighted by atomic mass is 9.98. The van der Waals surface area contributed by atoms with Gasteiger partial charge in [0.2, 0.25) is 0 Å². The predicted molar refractivity (Wildman–Crippen MR) is 92.7 cm³/mol. The molecule has 1 unspecified atom stereocenters.